The molecule has 0 aliphatic carbocycles. The number of anilines is 1. The Hall–Kier alpha value is -1.98. The molecule has 6 heteroatoms. The van der Waals surface area contributed by atoms with Gasteiger partial charge in [0.25, 0.3) is 5.91 Å². The van der Waals surface area contributed by atoms with Gasteiger partial charge in [-0.05, 0) is 25.8 Å². The van der Waals surface area contributed by atoms with Gasteiger partial charge in [0.2, 0.25) is 0 Å². The standard InChI is InChI=1S/C15H23N3O3/c1-9(2)18-7-11(16)5-13(18)14(19)17-6-10(3)12(8-17)15(20)21-4/h5,7,9-10,12H,6,8,16H2,1-4H3. The molecular formula is C15H23N3O3. The van der Waals surface area contributed by atoms with Gasteiger partial charge in [-0.3, -0.25) is 9.59 Å². The van der Waals surface area contributed by atoms with Gasteiger partial charge in [-0.15, -0.1) is 0 Å². The van der Waals surface area contributed by atoms with Crippen molar-refractivity contribution in [3.8, 4) is 0 Å². The highest BCUT2D eigenvalue weighted by molar-refractivity contribution is 5.94. The summed E-state index contributed by atoms with van der Waals surface area (Å²) in [6.07, 6.45) is 1.77. The largest absolute Gasteiger partial charge is 0.469 e. The van der Waals surface area contributed by atoms with Crippen molar-refractivity contribution >= 4 is 17.6 Å². The van der Waals surface area contributed by atoms with Crippen LogP contribution in [0.3, 0.4) is 0 Å². The molecule has 2 unspecified atom stereocenters. The first-order valence-electron chi connectivity index (χ1n) is 7.19. The lowest BCUT2D eigenvalue weighted by Crippen LogP contribution is -2.32. The highest BCUT2D eigenvalue weighted by Gasteiger charge is 2.38. The molecule has 2 N–H and O–H groups in total. The van der Waals surface area contributed by atoms with E-state index < -0.39 is 0 Å². The number of hydrogen-bond acceptors (Lipinski definition) is 4. The van der Waals surface area contributed by atoms with Crippen molar-refractivity contribution in [1.82, 2.24) is 9.47 Å². The van der Waals surface area contributed by atoms with Gasteiger partial charge in [-0.1, -0.05) is 6.92 Å². The molecule has 2 rings (SSSR count). The third kappa shape index (κ3) is 2.89. The zero-order chi connectivity index (χ0) is 15.7. The van der Waals surface area contributed by atoms with Gasteiger partial charge in [0.05, 0.1) is 18.7 Å². The Morgan fingerprint density at radius 1 is 1.38 bits per heavy atom. The molecule has 1 fully saturated rings. The van der Waals surface area contributed by atoms with Crippen molar-refractivity contribution in [3.05, 3.63) is 18.0 Å². The summed E-state index contributed by atoms with van der Waals surface area (Å²) < 4.78 is 6.67. The maximum absolute atomic E-state index is 12.7. The lowest BCUT2D eigenvalue weighted by Gasteiger charge is -2.19. The van der Waals surface area contributed by atoms with Crippen LogP contribution in [-0.2, 0) is 9.53 Å². The summed E-state index contributed by atoms with van der Waals surface area (Å²) in [5.41, 5.74) is 6.95. The second-order valence-electron chi connectivity index (χ2n) is 5.98. The molecule has 0 saturated carbocycles. The fourth-order valence-electron chi connectivity index (χ4n) is 2.85. The van der Waals surface area contributed by atoms with E-state index in [0.29, 0.717) is 24.5 Å². The second kappa shape index (κ2) is 5.79. The van der Waals surface area contributed by atoms with Crippen LogP contribution in [0.25, 0.3) is 0 Å². The average molecular weight is 293 g/mol. The first-order chi connectivity index (χ1) is 9.85. The zero-order valence-corrected chi connectivity index (χ0v) is 13.0. The number of nitrogen functional groups attached to an aromatic ring is 1. The highest BCUT2D eigenvalue weighted by atomic mass is 16.5. The molecule has 0 radical (unpaired) electrons. The van der Waals surface area contributed by atoms with Crippen LogP contribution in [-0.4, -0.2) is 41.5 Å². The molecule has 0 bridgehead atoms. The minimum Gasteiger partial charge on any atom is -0.469 e. The molecule has 1 aromatic rings. The van der Waals surface area contributed by atoms with Crippen LogP contribution in [0.4, 0.5) is 5.69 Å². The summed E-state index contributed by atoms with van der Waals surface area (Å²) in [4.78, 5) is 26.1. The zero-order valence-electron chi connectivity index (χ0n) is 13.0. The molecule has 6 nitrogen and oxygen atoms in total. The van der Waals surface area contributed by atoms with Gasteiger partial charge in [-0.2, -0.15) is 0 Å². The number of rotatable bonds is 3. The number of esters is 1. The number of ether oxygens (including phenoxy) is 1. The maximum Gasteiger partial charge on any atom is 0.310 e. The molecule has 21 heavy (non-hydrogen) atoms. The number of aromatic nitrogens is 1. The van der Waals surface area contributed by atoms with Crippen molar-refractivity contribution in [1.29, 1.82) is 0 Å². The first kappa shape index (κ1) is 15.4. The topological polar surface area (TPSA) is 77.6 Å². The van der Waals surface area contributed by atoms with Gasteiger partial charge in [-0.25, -0.2) is 0 Å². The number of likely N-dealkylation sites (tertiary alicyclic amines) is 1. The number of carbonyl (C=O) groups excluding carboxylic acids is 2. The number of nitrogens with two attached hydrogens (primary N) is 1. The van der Waals surface area contributed by atoms with Crippen LogP contribution in [0.15, 0.2) is 12.3 Å². The average Bonchev–Trinajstić information content (AvgIpc) is 3.00. The Balaban J connectivity index is 2.20. The first-order valence-corrected chi connectivity index (χ1v) is 7.19. The van der Waals surface area contributed by atoms with Crippen molar-refractivity contribution < 1.29 is 14.3 Å². The highest BCUT2D eigenvalue weighted by Crippen LogP contribution is 2.27. The van der Waals surface area contributed by atoms with E-state index in [4.69, 9.17) is 10.5 Å². The van der Waals surface area contributed by atoms with Gasteiger partial charge in [0.15, 0.2) is 0 Å². The maximum atomic E-state index is 12.7. The Bertz CT molecular complexity index is 550. The molecule has 1 saturated heterocycles. The quantitative estimate of drug-likeness (QED) is 0.857. The van der Waals surface area contributed by atoms with E-state index in [0.717, 1.165) is 0 Å². The molecule has 0 aromatic carbocycles. The number of hydrogen-bond donors (Lipinski definition) is 1. The fraction of sp³-hybridized carbons (Fsp3) is 0.600. The summed E-state index contributed by atoms with van der Waals surface area (Å²) in [5, 5.41) is 0. The third-order valence-corrected chi connectivity index (χ3v) is 4.05. The molecule has 1 aromatic heterocycles. The van der Waals surface area contributed by atoms with E-state index in [2.05, 4.69) is 0 Å². The smallest absolute Gasteiger partial charge is 0.310 e. The molecule has 1 aliphatic heterocycles. The molecule has 2 heterocycles. The van der Waals surface area contributed by atoms with E-state index in [1.54, 1.807) is 17.2 Å². The van der Waals surface area contributed by atoms with Gasteiger partial charge >= 0.3 is 5.97 Å². The number of amides is 1. The van der Waals surface area contributed by atoms with E-state index in [9.17, 15) is 9.59 Å². The van der Waals surface area contributed by atoms with Crippen LogP contribution in [0.1, 0.15) is 37.3 Å². The van der Waals surface area contributed by atoms with E-state index in [1.807, 2.05) is 25.3 Å². The van der Waals surface area contributed by atoms with Crippen LogP contribution in [0, 0.1) is 11.8 Å². The summed E-state index contributed by atoms with van der Waals surface area (Å²) in [7, 11) is 1.38. The second-order valence-corrected chi connectivity index (χ2v) is 5.98. The SMILES string of the molecule is COC(=O)C1CN(C(=O)c2cc(N)cn2C(C)C)CC1C. The Morgan fingerprint density at radius 2 is 2.05 bits per heavy atom. The van der Waals surface area contributed by atoms with E-state index in [1.165, 1.54) is 7.11 Å². The van der Waals surface area contributed by atoms with E-state index in [-0.39, 0.29) is 29.8 Å². The molecular weight excluding hydrogens is 270 g/mol. The van der Waals surface area contributed by atoms with Gasteiger partial charge < -0.3 is 19.9 Å². The van der Waals surface area contributed by atoms with Crippen molar-refractivity contribution in [3.63, 3.8) is 0 Å². The lowest BCUT2D eigenvalue weighted by atomic mass is 9.99. The minimum atomic E-state index is -0.253. The monoisotopic (exact) mass is 293 g/mol. The fourth-order valence-corrected chi connectivity index (χ4v) is 2.85. The normalized spacial score (nSPS) is 21.9. The Morgan fingerprint density at radius 3 is 2.62 bits per heavy atom. The lowest BCUT2D eigenvalue weighted by molar-refractivity contribution is -0.146. The predicted molar refractivity (Wildman–Crippen MR) is 79.8 cm³/mol. The van der Waals surface area contributed by atoms with E-state index >= 15 is 0 Å². The predicted octanol–water partition coefficient (Wildman–Crippen LogP) is 1.53. The third-order valence-electron chi connectivity index (χ3n) is 4.05. The van der Waals surface area contributed by atoms with Crippen LogP contribution >= 0.6 is 0 Å². The van der Waals surface area contributed by atoms with Crippen LogP contribution in [0.5, 0.6) is 0 Å². The van der Waals surface area contributed by atoms with Gasteiger partial charge in [0, 0.05) is 25.3 Å². The molecule has 0 spiro atoms. The number of methoxy groups -OCH3 is 1. The summed E-state index contributed by atoms with van der Waals surface area (Å²) in [6, 6.07) is 1.84. The summed E-state index contributed by atoms with van der Waals surface area (Å²) >= 11 is 0. The van der Waals surface area contributed by atoms with Gasteiger partial charge in [0.1, 0.15) is 5.69 Å². The van der Waals surface area contributed by atoms with Crippen molar-refractivity contribution in [2.75, 3.05) is 25.9 Å². The Labute approximate surface area is 124 Å². The molecule has 1 amide bonds. The van der Waals surface area contributed by atoms with Crippen LogP contribution in [0.2, 0.25) is 0 Å². The molecule has 116 valence electrons. The van der Waals surface area contributed by atoms with Crippen LogP contribution < -0.4 is 5.73 Å². The number of nitrogens with zero attached hydrogens (tertiary/aromatic N) is 2. The van der Waals surface area contributed by atoms with Crippen molar-refractivity contribution in [2.24, 2.45) is 11.8 Å². The minimum absolute atomic E-state index is 0.0846. The van der Waals surface area contributed by atoms with Crippen molar-refractivity contribution in [2.45, 2.75) is 26.8 Å². The summed E-state index contributed by atoms with van der Waals surface area (Å²) in [5.74, 6) is -0.491. The Kier molecular flexibility index (Phi) is 4.25. The summed E-state index contributed by atoms with van der Waals surface area (Å²) in [6.45, 7) is 6.92. The molecule has 2 atom stereocenters. The number of carbonyl (C=O) groups is 2. The molecule has 1 aliphatic rings.